The third-order valence-electron chi connectivity index (χ3n) is 3.32. The van der Waals surface area contributed by atoms with Gasteiger partial charge in [0.25, 0.3) is 0 Å². The lowest BCUT2D eigenvalue weighted by molar-refractivity contribution is 0.414. The molecule has 0 heterocycles. The van der Waals surface area contributed by atoms with E-state index < -0.39 is 0 Å². The van der Waals surface area contributed by atoms with Gasteiger partial charge in [-0.15, -0.1) is 0 Å². The molecule has 4 heteroatoms. The Hall–Kier alpha value is -1.39. The quantitative estimate of drug-likeness (QED) is 0.815. The van der Waals surface area contributed by atoms with E-state index in [0.717, 1.165) is 34.3 Å². The normalized spacial score (nSPS) is 12.2. The van der Waals surface area contributed by atoms with Crippen LogP contribution in [0.5, 0.6) is 5.75 Å². The van der Waals surface area contributed by atoms with Crippen molar-refractivity contribution in [2.24, 2.45) is 0 Å². The molecule has 2 aromatic rings. The zero-order valence-corrected chi connectivity index (χ0v) is 13.8. The molecule has 0 amide bonds. The lowest BCUT2D eigenvalue weighted by Crippen LogP contribution is -2.23. The fraction of sp³-hybridized carbons (Fsp3) is 0.294. The summed E-state index contributed by atoms with van der Waals surface area (Å²) in [5.74, 6) is 0.580. The van der Waals surface area contributed by atoms with Crippen LogP contribution in [0.25, 0.3) is 0 Å². The van der Waals surface area contributed by atoms with E-state index in [2.05, 4.69) is 28.2 Å². The number of methoxy groups -OCH3 is 1. The van der Waals surface area contributed by atoms with Crippen LogP contribution in [0, 0.1) is 5.82 Å². The van der Waals surface area contributed by atoms with E-state index in [0.29, 0.717) is 0 Å². The smallest absolute Gasteiger partial charge is 0.123 e. The molecule has 2 rings (SSSR count). The van der Waals surface area contributed by atoms with Crippen LogP contribution in [0.15, 0.2) is 46.9 Å². The average molecular weight is 352 g/mol. The van der Waals surface area contributed by atoms with Gasteiger partial charge in [0.05, 0.1) is 13.2 Å². The summed E-state index contributed by atoms with van der Waals surface area (Å²) in [4.78, 5) is 0. The van der Waals surface area contributed by atoms with Crippen molar-refractivity contribution in [1.82, 2.24) is 5.32 Å². The summed E-state index contributed by atoms with van der Waals surface area (Å²) < 4.78 is 19.7. The van der Waals surface area contributed by atoms with E-state index in [-0.39, 0.29) is 11.9 Å². The zero-order valence-electron chi connectivity index (χ0n) is 12.2. The van der Waals surface area contributed by atoms with Gasteiger partial charge >= 0.3 is 0 Å². The molecule has 2 nitrogen and oxygen atoms in total. The third kappa shape index (κ3) is 4.05. The second-order valence-corrected chi connectivity index (χ2v) is 5.68. The second kappa shape index (κ2) is 7.57. The predicted octanol–water partition coefficient (Wildman–Crippen LogP) is 4.69. The molecule has 0 saturated carbocycles. The predicted molar refractivity (Wildman–Crippen MR) is 87.2 cm³/mol. The maximum atomic E-state index is 13.6. The monoisotopic (exact) mass is 351 g/mol. The lowest BCUT2D eigenvalue weighted by atomic mass is 9.98. The maximum absolute atomic E-state index is 13.6. The molecule has 1 atom stereocenters. The van der Waals surface area contributed by atoms with E-state index in [1.165, 1.54) is 6.07 Å². The van der Waals surface area contributed by atoms with Crippen molar-refractivity contribution in [3.05, 3.63) is 63.9 Å². The Kier molecular flexibility index (Phi) is 5.76. The first-order chi connectivity index (χ1) is 10.2. The van der Waals surface area contributed by atoms with Gasteiger partial charge in [0.2, 0.25) is 0 Å². The van der Waals surface area contributed by atoms with Gasteiger partial charge in [0.1, 0.15) is 11.6 Å². The van der Waals surface area contributed by atoms with Gasteiger partial charge in [-0.05, 0) is 54.4 Å². The summed E-state index contributed by atoms with van der Waals surface area (Å²) in [5.41, 5.74) is 1.98. The van der Waals surface area contributed by atoms with Crippen molar-refractivity contribution >= 4 is 15.9 Å². The molecule has 0 aromatic heterocycles. The Morgan fingerprint density at radius 2 is 1.90 bits per heavy atom. The number of halogens is 2. The first-order valence-electron chi connectivity index (χ1n) is 6.98. The van der Waals surface area contributed by atoms with E-state index >= 15 is 0 Å². The Balaban J connectivity index is 2.38. The number of hydrogen-bond donors (Lipinski definition) is 1. The summed E-state index contributed by atoms with van der Waals surface area (Å²) in [6, 6.07) is 12.6. The van der Waals surface area contributed by atoms with Crippen LogP contribution in [0.3, 0.4) is 0 Å². The van der Waals surface area contributed by atoms with Crippen LogP contribution in [0.4, 0.5) is 4.39 Å². The summed E-state index contributed by atoms with van der Waals surface area (Å²) in [7, 11) is 1.64. The van der Waals surface area contributed by atoms with Gasteiger partial charge in [-0.2, -0.15) is 0 Å². The van der Waals surface area contributed by atoms with Crippen molar-refractivity contribution in [3.63, 3.8) is 0 Å². The van der Waals surface area contributed by atoms with Crippen molar-refractivity contribution in [1.29, 1.82) is 0 Å². The molecule has 2 aromatic carbocycles. The van der Waals surface area contributed by atoms with Gasteiger partial charge in [-0.1, -0.05) is 35.0 Å². The van der Waals surface area contributed by atoms with Crippen molar-refractivity contribution in [2.45, 2.75) is 19.4 Å². The molecule has 1 unspecified atom stereocenters. The van der Waals surface area contributed by atoms with Gasteiger partial charge in [-0.3, -0.25) is 0 Å². The minimum Gasteiger partial charge on any atom is -0.497 e. The Bertz CT molecular complexity index is 586. The Morgan fingerprint density at radius 3 is 2.52 bits per heavy atom. The Labute approximate surface area is 133 Å². The average Bonchev–Trinajstić information content (AvgIpc) is 2.51. The lowest BCUT2D eigenvalue weighted by Gasteiger charge is -2.21. The highest BCUT2D eigenvalue weighted by molar-refractivity contribution is 9.10. The molecule has 112 valence electrons. The van der Waals surface area contributed by atoms with Crippen LogP contribution in [-0.2, 0) is 0 Å². The number of benzene rings is 2. The zero-order chi connectivity index (χ0) is 15.2. The van der Waals surface area contributed by atoms with Crippen molar-refractivity contribution in [3.8, 4) is 5.75 Å². The number of ether oxygens (including phenoxy) is 1. The highest BCUT2D eigenvalue weighted by atomic mass is 79.9. The molecule has 0 fully saturated rings. The van der Waals surface area contributed by atoms with Gasteiger partial charge in [0, 0.05) is 4.47 Å². The fourth-order valence-corrected chi connectivity index (χ4v) is 2.70. The van der Waals surface area contributed by atoms with E-state index in [1.807, 2.05) is 24.3 Å². The standard InChI is InChI=1S/C17H19BrFNO/c1-3-10-20-17(12-4-7-14(21-2)8-5-12)15-11-13(19)6-9-16(15)18/h4-9,11,17,20H,3,10H2,1-2H3. The first-order valence-corrected chi connectivity index (χ1v) is 7.77. The van der Waals surface area contributed by atoms with Crippen LogP contribution < -0.4 is 10.1 Å². The van der Waals surface area contributed by atoms with Gasteiger partial charge in [-0.25, -0.2) is 4.39 Å². The molecule has 0 bridgehead atoms. The van der Waals surface area contributed by atoms with Crippen LogP contribution in [0.1, 0.15) is 30.5 Å². The summed E-state index contributed by atoms with van der Waals surface area (Å²) in [6.45, 7) is 2.97. The molecule has 0 saturated heterocycles. The molecular formula is C17H19BrFNO. The molecule has 1 N–H and O–H groups in total. The van der Waals surface area contributed by atoms with Gasteiger partial charge < -0.3 is 10.1 Å². The first kappa shape index (κ1) is 16.0. The van der Waals surface area contributed by atoms with E-state index in [1.54, 1.807) is 19.2 Å². The van der Waals surface area contributed by atoms with Crippen molar-refractivity contribution < 1.29 is 9.13 Å². The second-order valence-electron chi connectivity index (χ2n) is 4.83. The molecule has 21 heavy (non-hydrogen) atoms. The van der Waals surface area contributed by atoms with Crippen LogP contribution >= 0.6 is 15.9 Å². The maximum Gasteiger partial charge on any atom is 0.123 e. The minimum absolute atomic E-state index is 0.0547. The summed E-state index contributed by atoms with van der Waals surface area (Å²) in [6.07, 6.45) is 1.01. The third-order valence-corrected chi connectivity index (χ3v) is 4.04. The molecule has 0 aliphatic heterocycles. The topological polar surface area (TPSA) is 21.3 Å². The molecular weight excluding hydrogens is 333 g/mol. The van der Waals surface area contributed by atoms with Gasteiger partial charge in [0.15, 0.2) is 0 Å². The largest absolute Gasteiger partial charge is 0.497 e. The highest BCUT2D eigenvalue weighted by Crippen LogP contribution is 2.30. The van der Waals surface area contributed by atoms with Crippen molar-refractivity contribution in [2.75, 3.05) is 13.7 Å². The molecule has 0 aliphatic rings. The summed E-state index contributed by atoms with van der Waals surface area (Å²) in [5, 5.41) is 3.47. The summed E-state index contributed by atoms with van der Waals surface area (Å²) >= 11 is 3.52. The van der Waals surface area contributed by atoms with E-state index in [4.69, 9.17) is 4.74 Å². The highest BCUT2D eigenvalue weighted by Gasteiger charge is 2.17. The SMILES string of the molecule is CCCNC(c1ccc(OC)cc1)c1cc(F)ccc1Br. The fourth-order valence-electron chi connectivity index (χ4n) is 2.23. The molecule has 0 radical (unpaired) electrons. The van der Waals surface area contributed by atoms with Crippen LogP contribution in [-0.4, -0.2) is 13.7 Å². The Morgan fingerprint density at radius 1 is 1.19 bits per heavy atom. The van der Waals surface area contributed by atoms with Crippen LogP contribution in [0.2, 0.25) is 0 Å². The molecule has 0 spiro atoms. The number of nitrogens with one attached hydrogen (secondary N) is 1. The minimum atomic E-state index is -0.231. The van der Waals surface area contributed by atoms with E-state index in [9.17, 15) is 4.39 Å². The number of rotatable bonds is 6. The molecule has 0 aliphatic carbocycles. The number of hydrogen-bond acceptors (Lipinski definition) is 2.